The number of halogens is 1. The Kier molecular flexibility index (Phi) is 3.66. The van der Waals surface area contributed by atoms with E-state index in [1.807, 2.05) is 18.2 Å². The Hall–Kier alpha value is -2.27. The molecule has 0 aliphatic carbocycles. The summed E-state index contributed by atoms with van der Waals surface area (Å²) in [7, 11) is -1.88. The molecule has 0 spiro atoms. The third kappa shape index (κ3) is 2.72. The van der Waals surface area contributed by atoms with E-state index in [1.165, 1.54) is 6.07 Å². The smallest absolute Gasteiger partial charge is 0.156 e. The van der Waals surface area contributed by atoms with Gasteiger partial charge in [0, 0.05) is 23.6 Å². The summed E-state index contributed by atoms with van der Waals surface area (Å²) in [5, 5.41) is 0.691. The fourth-order valence-electron chi connectivity index (χ4n) is 2.47. The van der Waals surface area contributed by atoms with Crippen molar-refractivity contribution in [1.82, 2.24) is 9.97 Å². The molecule has 0 aliphatic rings. The monoisotopic (exact) mass is 312 g/mol. The summed E-state index contributed by atoms with van der Waals surface area (Å²) in [6.45, 7) is 6.30. The topological polar surface area (TPSA) is 35.0 Å². The molecule has 0 fully saturated rings. The van der Waals surface area contributed by atoms with Crippen molar-refractivity contribution in [2.75, 3.05) is 0 Å². The first-order chi connectivity index (χ1) is 10.5. The van der Waals surface area contributed by atoms with Crippen LogP contribution in [0.2, 0.25) is 19.6 Å². The van der Waals surface area contributed by atoms with Crippen LogP contribution in [0.3, 0.4) is 0 Å². The first kappa shape index (κ1) is 14.7. The number of hydrogen-bond acceptors (Lipinski definition) is 3. The summed E-state index contributed by atoms with van der Waals surface area (Å²) in [5.41, 5.74) is 1.43. The van der Waals surface area contributed by atoms with Crippen molar-refractivity contribution in [1.29, 1.82) is 0 Å². The van der Waals surface area contributed by atoms with Gasteiger partial charge < -0.3 is 4.74 Å². The van der Waals surface area contributed by atoms with Crippen molar-refractivity contribution < 1.29 is 9.13 Å². The van der Waals surface area contributed by atoms with Gasteiger partial charge in [0.25, 0.3) is 0 Å². The molecule has 0 saturated heterocycles. The second-order valence-electron chi connectivity index (χ2n) is 6.15. The predicted molar refractivity (Wildman–Crippen MR) is 89.0 cm³/mol. The summed E-state index contributed by atoms with van der Waals surface area (Å²) in [6, 6.07) is 10.4. The van der Waals surface area contributed by atoms with E-state index < -0.39 is 8.07 Å². The lowest BCUT2D eigenvalue weighted by Gasteiger charge is -2.21. The molecule has 0 atom stereocenters. The van der Waals surface area contributed by atoms with Gasteiger partial charge in [0.1, 0.15) is 17.1 Å². The van der Waals surface area contributed by atoms with Crippen molar-refractivity contribution >= 4 is 24.3 Å². The van der Waals surface area contributed by atoms with Crippen LogP contribution in [0.25, 0.3) is 11.0 Å². The normalized spacial score (nSPS) is 11.6. The molecule has 2 heterocycles. The maximum absolute atomic E-state index is 14.3. The van der Waals surface area contributed by atoms with Crippen LogP contribution in [0, 0.1) is 5.82 Å². The number of ether oxygens (including phenoxy) is 1. The summed E-state index contributed by atoms with van der Waals surface area (Å²) in [5.74, 6) is 0.955. The van der Waals surface area contributed by atoms with Gasteiger partial charge in [0.05, 0.1) is 13.6 Å². The van der Waals surface area contributed by atoms with Gasteiger partial charge in [0.15, 0.2) is 5.75 Å². The number of hydrogen-bond donors (Lipinski definition) is 0. The number of fused-ring (bicyclic) bond motifs is 1. The highest BCUT2D eigenvalue weighted by molar-refractivity contribution is 6.89. The second-order valence-corrected chi connectivity index (χ2v) is 11.1. The molecule has 22 heavy (non-hydrogen) atoms. The van der Waals surface area contributed by atoms with E-state index in [1.54, 1.807) is 24.5 Å². The molecule has 0 N–H and O–H groups in total. The fourth-order valence-corrected chi connectivity index (χ4v) is 4.15. The summed E-state index contributed by atoms with van der Waals surface area (Å²) in [6.07, 6.45) is 3.37. The number of rotatable bonds is 3. The van der Waals surface area contributed by atoms with Crippen LogP contribution < -0.4 is 9.92 Å². The molecule has 1 aromatic carbocycles. The van der Waals surface area contributed by atoms with Crippen molar-refractivity contribution in [3.8, 4) is 11.5 Å². The van der Waals surface area contributed by atoms with Gasteiger partial charge in [-0.25, -0.2) is 4.39 Å². The van der Waals surface area contributed by atoms with Crippen LogP contribution >= 0.6 is 0 Å². The van der Waals surface area contributed by atoms with E-state index >= 15 is 0 Å². The zero-order valence-corrected chi connectivity index (χ0v) is 13.8. The lowest BCUT2D eigenvalue weighted by molar-refractivity contribution is 0.485. The summed E-state index contributed by atoms with van der Waals surface area (Å²) >= 11 is 0. The van der Waals surface area contributed by atoms with E-state index in [9.17, 15) is 4.39 Å². The Bertz CT molecular complexity index is 825. The highest BCUT2D eigenvalue weighted by Gasteiger charge is 2.25. The summed E-state index contributed by atoms with van der Waals surface area (Å²) < 4.78 is 20.3. The quantitative estimate of drug-likeness (QED) is 0.683. The minimum Gasteiger partial charge on any atom is -0.455 e. The van der Waals surface area contributed by atoms with Crippen LogP contribution in [-0.2, 0) is 0 Å². The van der Waals surface area contributed by atoms with Crippen molar-refractivity contribution in [3.63, 3.8) is 0 Å². The zero-order valence-electron chi connectivity index (χ0n) is 12.8. The molecular weight excluding hydrogens is 295 g/mol. The van der Waals surface area contributed by atoms with Crippen LogP contribution in [-0.4, -0.2) is 18.0 Å². The lowest BCUT2D eigenvalue weighted by Crippen LogP contribution is -2.40. The molecule has 112 valence electrons. The summed E-state index contributed by atoms with van der Waals surface area (Å²) in [4.78, 5) is 8.59. The molecule has 5 heteroatoms. The van der Waals surface area contributed by atoms with Crippen LogP contribution in [0.1, 0.15) is 0 Å². The van der Waals surface area contributed by atoms with Crippen LogP contribution in [0.4, 0.5) is 4.39 Å². The van der Waals surface area contributed by atoms with Gasteiger partial charge in [-0.2, -0.15) is 0 Å². The fraction of sp³-hybridized carbons (Fsp3) is 0.176. The molecule has 3 rings (SSSR count). The molecule has 0 radical (unpaired) electrons. The van der Waals surface area contributed by atoms with Crippen molar-refractivity contribution in [3.05, 3.63) is 54.6 Å². The molecule has 0 amide bonds. The van der Waals surface area contributed by atoms with E-state index in [-0.39, 0.29) is 5.82 Å². The highest BCUT2D eigenvalue weighted by Crippen LogP contribution is 2.28. The van der Waals surface area contributed by atoms with E-state index in [0.717, 1.165) is 5.52 Å². The first-order valence-corrected chi connectivity index (χ1v) is 10.6. The molecule has 0 saturated carbocycles. The third-order valence-corrected chi connectivity index (χ3v) is 5.39. The van der Waals surface area contributed by atoms with Gasteiger partial charge in [-0.15, -0.1) is 0 Å². The Morgan fingerprint density at radius 3 is 2.50 bits per heavy atom. The van der Waals surface area contributed by atoms with Gasteiger partial charge in [0.2, 0.25) is 0 Å². The van der Waals surface area contributed by atoms with Crippen molar-refractivity contribution in [2.45, 2.75) is 19.6 Å². The third-order valence-electron chi connectivity index (χ3n) is 3.40. The van der Waals surface area contributed by atoms with E-state index in [2.05, 4.69) is 29.6 Å². The Labute approximate surface area is 129 Å². The minimum atomic E-state index is -1.88. The van der Waals surface area contributed by atoms with Crippen LogP contribution in [0.5, 0.6) is 11.5 Å². The minimum absolute atomic E-state index is 0.206. The molecule has 3 nitrogen and oxygen atoms in total. The van der Waals surface area contributed by atoms with Gasteiger partial charge in [-0.1, -0.05) is 25.7 Å². The SMILES string of the molecule is C[Si](C)(C)c1c(F)cccc1Oc1ccnc2cccnc12. The second kappa shape index (κ2) is 5.49. The molecule has 0 bridgehead atoms. The van der Waals surface area contributed by atoms with E-state index in [0.29, 0.717) is 22.2 Å². The van der Waals surface area contributed by atoms with E-state index in [4.69, 9.17) is 4.74 Å². The van der Waals surface area contributed by atoms with Crippen molar-refractivity contribution in [2.24, 2.45) is 0 Å². The molecule has 0 aliphatic heterocycles. The average Bonchev–Trinajstić information content (AvgIpc) is 2.46. The standard InChI is InChI=1S/C17H17FN2OSi/c1-22(2,3)17-12(18)6-4-8-15(17)21-14-9-11-19-13-7-5-10-20-16(13)14/h4-11H,1-3H3. The Morgan fingerprint density at radius 2 is 1.73 bits per heavy atom. The van der Waals surface area contributed by atoms with Gasteiger partial charge in [-0.05, 0) is 24.3 Å². The number of aromatic nitrogens is 2. The Morgan fingerprint density at radius 1 is 0.909 bits per heavy atom. The maximum atomic E-state index is 14.3. The molecule has 0 unspecified atom stereocenters. The Balaban J connectivity index is 2.12. The van der Waals surface area contributed by atoms with Gasteiger partial charge >= 0.3 is 0 Å². The average molecular weight is 312 g/mol. The van der Waals surface area contributed by atoms with Gasteiger partial charge in [-0.3, -0.25) is 9.97 Å². The molecule has 2 aromatic heterocycles. The molecular formula is C17H17FN2OSi. The predicted octanol–water partition coefficient (Wildman–Crippen LogP) is 4.11. The number of nitrogens with zero attached hydrogens (tertiary/aromatic N) is 2. The highest BCUT2D eigenvalue weighted by atomic mass is 28.3. The molecule has 3 aromatic rings. The van der Waals surface area contributed by atoms with Crippen LogP contribution in [0.15, 0.2) is 48.8 Å². The first-order valence-electron chi connectivity index (χ1n) is 7.13. The lowest BCUT2D eigenvalue weighted by atomic mass is 10.3. The largest absolute Gasteiger partial charge is 0.455 e. The number of benzene rings is 1. The zero-order chi connectivity index (χ0) is 15.7. The number of pyridine rings is 2. The maximum Gasteiger partial charge on any atom is 0.156 e.